The number of rotatable bonds is 5. The van der Waals surface area contributed by atoms with Gasteiger partial charge in [-0.3, -0.25) is 0 Å². The molecule has 1 rings (SSSR count). The minimum atomic E-state index is -2.79. The predicted molar refractivity (Wildman–Crippen MR) is 63.8 cm³/mol. The van der Waals surface area contributed by atoms with Crippen LogP contribution in [0.3, 0.4) is 0 Å². The standard InChI is InChI=1S/C11H23NO2S/c1-3-8-12-9-5-4-6-11(12)7-10-15(2,13)14/h11H,3-10H2,1-2H3. The highest BCUT2D eigenvalue weighted by molar-refractivity contribution is 7.90. The molecule has 0 bridgehead atoms. The van der Waals surface area contributed by atoms with Crippen molar-refractivity contribution in [2.75, 3.05) is 25.1 Å². The maximum atomic E-state index is 11.1. The average Bonchev–Trinajstić information content (AvgIpc) is 2.16. The van der Waals surface area contributed by atoms with E-state index < -0.39 is 9.84 Å². The normalized spacial score (nSPS) is 24.3. The van der Waals surface area contributed by atoms with Crippen molar-refractivity contribution in [3.63, 3.8) is 0 Å². The van der Waals surface area contributed by atoms with Gasteiger partial charge in [0.1, 0.15) is 9.84 Å². The molecular weight excluding hydrogens is 210 g/mol. The molecule has 0 radical (unpaired) electrons. The summed E-state index contributed by atoms with van der Waals surface area (Å²) in [6, 6.07) is 0.508. The van der Waals surface area contributed by atoms with E-state index in [1.54, 1.807) is 0 Å². The van der Waals surface area contributed by atoms with Crippen molar-refractivity contribution in [2.45, 2.75) is 45.1 Å². The van der Waals surface area contributed by atoms with Crippen LogP contribution in [0.5, 0.6) is 0 Å². The van der Waals surface area contributed by atoms with E-state index in [1.807, 2.05) is 0 Å². The second-order valence-electron chi connectivity index (χ2n) is 4.60. The fourth-order valence-electron chi connectivity index (χ4n) is 2.32. The fraction of sp³-hybridized carbons (Fsp3) is 1.00. The van der Waals surface area contributed by atoms with Crippen molar-refractivity contribution in [1.82, 2.24) is 4.90 Å². The van der Waals surface area contributed by atoms with Gasteiger partial charge in [-0.2, -0.15) is 0 Å². The molecule has 90 valence electrons. The van der Waals surface area contributed by atoms with E-state index >= 15 is 0 Å². The van der Waals surface area contributed by atoms with Gasteiger partial charge in [0.05, 0.1) is 5.75 Å². The highest BCUT2D eigenvalue weighted by atomic mass is 32.2. The zero-order valence-corrected chi connectivity index (χ0v) is 10.7. The number of likely N-dealkylation sites (tertiary alicyclic amines) is 1. The SMILES string of the molecule is CCCN1CCCCC1CCS(C)(=O)=O. The lowest BCUT2D eigenvalue weighted by Crippen LogP contribution is -2.40. The molecule has 0 spiro atoms. The van der Waals surface area contributed by atoms with Crippen molar-refractivity contribution in [3.05, 3.63) is 0 Å². The molecule has 0 aromatic heterocycles. The molecule has 1 unspecified atom stereocenters. The Hall–Kier alpha value is -0.0900. The number of hydrogen-bond acceptors (Lipinski definition) is 3. The van der Waals surface area contributed by atoms with Crippen LogP contribution in [0.4, 0.5) is 0 Å². The zero-order chi connectivity index (χ0) is 11.3. The van der Waals surface area contributed by atoms with E-state index in [9.17, 15) is 8.42 Å². The minimum absolute atomic E-state index is 0.345. The van der Waals surface area contributed by atoms with Crippen molar-refractivity contribution < 1.29 is 8.42 Å². The molecule has 4 heteroatoms. The van der Waals surface area contributed by atoms with Crippen LogP contribution in [-0.4, -0.2) is 44.5 Å². The molecular formula is C11H23NO2S. The van der Waals surface area contributed by atoms with Crippen LogP contribution in [0.15, 0.2) is 0 Å². The summed E-state index contributed by atoms with van der Waals surface area (Å²) >= 11 is 0. The van der Waals surface area contributed by atoms with E-state index in [2.05, 4.69) is 11.8 Å². The predicted octanol–water partition coefficient (Wildman–Crippen LogP) is 1.69. The summed E-state index contributed by atoms with van der Waals surface area (Å²) in [6.07, 6.45) is 7.02. The summed E-state index contributed by atoms with van der Waals surface area (Å²) in [6.45, 7) is 4.46. The smallest absolute Gasteiger partial charge is 0.147 e. The summed E-state index contributed by atoms with van der Waals surface area (Å²) in [5.41, 5.74) is 0. The van der Waals surface area contributed by atoms with Crippen LogP contribution < -0.4 is 0 Å². The van der Waals surface area contributed by atoms with E-state index in [0.717, 1.165) is 25.9 Å². The molecule has 0 aromatic carbocycles. The first-order valence-corrected chi connectivity index (χ1v) is 8.01. The molecule has 1 saturated heterocycles. The molecule has 0 N–H and O–H groups in total. The summed E-state index contributed by atoms with van der Waals surface area (Å²) in [4.78, 5) is 2.47. The molecule has 3 nitrogen and oxygen atoms in total. The molecule has 1 fully saturated rings. The van der Waals surface area contributed by atoms with Gasteiger partial charge in [0.2, 0.25) is 0 Å². The topological polar surface area (TPSA) is 37.4 Å². The Morgan fingerprint density at radius 3 is 2.67 bits per heavy atom. The van der Waals surface area contributed by atoms with Gasteiger partial charge in [-0.25, -0.2) is 8.42 Å². The molecule has 0 aliphatic carbocycles. The highest BCUT2D eigenvalue weighted by Gasteiger charge is 2.22. The van der Waals surface area contributed by atoms with Gasteiger partial charge in [-0.15, -0.1) is 0 Å². The molecule has 0 amide bonds. The van der Waals surface area contributed by atoms with E-state index in [1.165, 1.54) is 25.5 Å². The molecule has 1 aliphatic heterocycles. The van der Waals surface area contributed by atoms with Crippen molar-refractivity contribution in [2.24, 2.45) is 0 Å². The third kappa shape index (κ3) is 4.98. The fourth-order valence-corrected chi connectivity index (χ4v) is 3.02. The number of piperidine rings is 1. The molecule has 1 aliphatic rings. The molecule has 1 heterocycles. The maximum absolute atomic E-state index is 11.1. The van der Waals surface area contributed by atoms with Crippen molar-refractivity contribution >= 4 is 9.84 Å². The Balaban J connectivity index is 2.42. The zero-order valence-electron chi connectivity index (χ0n) is 9.91. The van der Waals surface area contributed by atoms with Gasteiger partial charge in [0.15, 0.2) is 0 Å². The van der Waals surface area contributed by atoms with Gasteiger partial charge in [0, 0.05) is 12.3 Å². The van der Waals surface area contributed by atoms with Crippen LogP contribution in [0.1, 0.15) is 39.0 Å². The lowest BCUT2D eigenvalue weighted by Gasteiger charge is -2.35. The number of hydrogen-bond donors (Lipinski definition) is 0. The van der Waals surface area contributed by atoms with Gasteiger partial charge in [-0.1, -0.05) is 13.3 Å². The minimum Gasteiger partial charge on any atom is -0.300 e. The number of nitrogens with zero attached hydrogens (tertiary/aromatic N) is 1. The van der Waals surface area contributed by atoms with E-state index in [0.29, 0.717) is 11.8 Å². The lowest BCUT2D eigenvalue weighted by atomic mass is 10.00. The van der Waals surface area contributed by atoms with E-state index in [-0.39, 0.29) is 0 Å². The third-order valence-corrected chi connectivity index (χ3v) is 4.06. The summed E-state index contributed by atoms with van der Waals surface area (Å²) in [5.74, 6) is 0.345. The quantitative estimate of drug-likeness (QED) is 0.725. The Labute approximate surface area is 93.8 Å². The van der Waals surface area contributed by atoms with E-state index in [4.69, 9.17) is 0 Å². The number of sulfone groups is 1. The van der Waals surface area contributed by atoms with Crippen LogP contribution in [0, 0.1) is 0 Å². The summed E-state index contributed by atoms with van der Waals surface area (Å²) < 4.78 is 22.2. The van der Waals surface area contributed by atoms with Crippen LogP contribution in [0.25, 0.3) is 0 Å². The summed E-state index contributed by atoms with van der Waals surface area (Å²) in [5, 5.41) is 0. The Morgan fingerprint density at radius 1 is 1.33 bits per heavy atom. The van der Waals surface area contributed by atoms with Gasteiger partial charge in [0.25, 0.3) is 0 Å². The monoisotopic (exact) mass is 233 g/mol. The van der Waals surface area contributed by atoms with Crippen molar-refractivity contribution in [1.29, 1.82) is 0 Å². The van der Waals surface area contributed by atoms with Gasteiger partial charge >= 0.3 is 0 Å². The van der Waals surface area contributed by atoms with Crippen LogP contribution in [-0.2, 0) is 9.84 Å². The van der Waals surface area contributed by atoms with Crippen LogP contribution in [0.2, 0.25) is 0 Å². The Morgan fingerprint density at radius 2 is 2.07 bits per heavy atom. The summed E-state index contributed by atoms with van der Waals surface area (Å²) in [7, 11) is -2.79. The first-order chi connectivity index (χ1) is 7.03. The first kappa shape index (κ1) is 13.0. The second-order valence-corrected chi connectivity index (χ2v) is 6.86. The lowest BCUT2D eigenvalue weighted by molar-refractivity contribution is 0.145. The molecule has 0 aromatic rings. The largest absolute Gasteiger partial charge is 0.300 e. The molecule has 0 saturated carbocycles. The van der Waals surface area contributed by atoms with Gasteiger partial charge in [-0.05, 0) is 38.8 Å². The Kier molecular flexibility index (Phi) is 5.06. The molecule has 1 atom stereocenters. The van der Waals surface area contributed by atoms with Crippen molar-refractivity contribution in [3.8, 4) is 0 Å². The van der Waals surface area contributed by atoms with Gasteiger partial charge < -0.3 is 4.90 Å². The third-order valence-electron chi connectivity index (χ3n) is 3.08. The second kappa shape index (κ2) is 5.85. The van der Waals surface area contributed by atoms with Crippen LogP contribution >= 0.6 is 0 Å². The average molecular weight is 233 g/mol. The highest BCUT2D eigenvalue weighted by Crippen LogP contribution is 2.20. The molecule has 15 heavy (non-hydrogen) atoms. The first-order valence-electron chi connectivity index (χ1n) is 5.94. The Bertz CT molecular complexity index is 272. The maximum Gasteiger partial charge on any atom is 0.147 e.